The van der Waals surface area contributed by atoms with E-state index < -0.39 is 11.7 Å². The maximum Gasteiger partial charge on any atom is 0.363 e. The Bertz CT molecular complexity index is 1190. The van der Waals surface area contributed by atoms with Crippen molar-refractivity contribution in [3.05, 3.63) is 75.8 Å². The van der Waals surface area contributed by atoms with Crippen LogP contribution in [0.15, 0.2) is 54.1 Å². The van der Waals surface area contributed by atoms with Gasteiger partial charge in [0.05, 0.1) is 33.6 Å². The number of carbonyl (C=O) groups is 2. The molecule has 2 aromatic rings. The molecule has 8 heteroatoms. The summed E-state index contributed by atoms with van der Waals surface area (Å²) in [6.45, 7) is 0.0529. The molecule has 1 heterocycles. The predicted molar refractivity (Wildman–Crippen MR) is 123 cm³/mol. The summed E-state index contributed by atoms with van der Waals surface area (Å²) in [5.41, 5.74) is 0.971. The number of Topliss-reactive ketones (excluding diaryl/α,β-unsaturated/α-hetero) is 1. The monoisotopic (exact) mass is 469 g/mol. The number of methoxy groups -OCH3 is 3. The van der Waals surface area contributed by atoms with Gasteiger partial charge < -0.3 is 24.2 Å². The van der Waals surface area contributed by atoms with Gasteiger partial charge in [0, 0.05) is 34.2 Å². The zero-order valence-corrected chi connectivity index (χ0v) is 19.3. The van der Waals surface area contributed by atoms with E-state index in [4.69, 9.17) is 25.8 Å². The second-order valence-electron chi connectivity index (χ2n) is 7.80. The van der Waals surface area contributed by atoms with Crippen LogP contribution in [0.25, 0.3) is 5.70 Å². The number of allylic oxidation sites excluding steroid dienone is 2. The van der Waals surface area contributed by atoms with Gasteiger partial charge in [-0.1, -0.05) is 17.7 Å². The molecule has 33 heavy (non-hydrogen) atoms. The lowest BCUT2D eigenvalue weighted by Gasteiger charge is -2.42. The van der Waals surface area contributed by atoms with Crippen molar-refractivity contribution in [2.75, 3.05) is 21.3 Å². The Morgan fingerprint density at radius 1 is 1.12 bits per heavy atom. The topological polar surface area (TPSA) is 85.3 Å². The lowest BCUT2D eigenvalue weighted by Crippen LogP contribution is -2.54. The Hall–Kier alpha value is -3.29. The van der Waals surface area contributed by atoms with Crippen molar-refractivity contribution in [1.82, 2.24) is 4.90 Å². The van der Waals surface area contributed by atoms with Crippen molar-refractivity contribution in [1.29, 1.82) is 0 Å². The average molecular weight is 470 g/mol. The summed E-state index contributed by atoms with van der Waals surface area (Å²) in [5, 5.41) is 12.1. The van der Waals surface area contributed by atoms with E-state index in [0.29, 0.717) is 39.8 Å². The predicted octanol–water partition coefficient (Wildman–Crippen LogP) is 3.52. The highest BCUT2D eigenvalue weighted by atomic mass is 35.5. The fraction of sp³-hybridized carbons (Fsp3) is 0.280. The number of aliphatic hydroxyl groups is 1. The highest BCUT2D eigenvalue weighted by molar-refractivity contribution is 6.30. The minimum absolute atomic E-state index is 0.0529. The third-order valence-corrected chi connectivity index (χ3v) is 6.21. The van der Waals surface area contributed by atoms with Crippen LogP contribution in [-0.2, 0) is 27.3 Å². The molecule has 0 saturated heterocycles. The molecule has 1 aliphatic carbocycles. The Balaban J connectivity index is 1.93. The summed E-state index contributed by atoms with van der Waals surface area (Å²) in [6, 6.07) is 10.6. The highest BCUT2D eigenvalue weighted by Crippen LogP contribution is 2.42. The highest BCUT2D eigenvalue weighted by Gasteiger charge is 2.47. The first-order valence-corrected chi connectivity index (χ1v) is 10.7. The smallest absolute Gasteiger partial charge is 0.363 e. The number of benzene rings is 2. The molecule has 1 unspecified atom stereocenters. The lowest BCUT2D eigenvalue weighted by atomic mass is 9.93. The van der Waals surface area contributed by atoms with Crippen molar-refractivity contribution in [2.45, 2.75) is 25.1 Å². The van der Waals surface area contributed by atoms with E-state index in [1.807, 2.05) is 6.07 Å². The molecule has 172 valence electrons. The van der Waals surface area contributed by atoms with Gasteiger partial charge >= 0.3 is 5.97 Å². The van der Waals surface area contributed by atoms with Gasteiger partial charge in [0.2, 0.25) is 0 Å². The molecular formula is C25H24ClNO6. The maximum atomic E-state index is 13.0. The Morgan fingerprint density at radius 2 is 1.91 bits per heavy atom. The van der Waals surface area contributed by atoms with Crippen LogP contribution in [0.2, 0.25) is 5.02 Å². The second-order valence-corrected chi connectivity index (χ2v) is 8.24. The summed E-state index contributed by atoms with van der Waals surface area (Å²) in [6.07, 6.45) is 3.57. The zero-order chi connectivity index (χ0) is 23.8. The number of hydrogen-bond donors (Lipinski definition) is 1. The van der Waals surface area contributed by atoms with E-state index in [1.165, 1.54) is 31.3 Å². The first kappa shape index (κ1) is 22.9. The summed E-state index contributed by atoms with van der Waals surface area (Å²) >= 11 is 6.22. The molecule has 7 nitrogen and oxygen atoms in total. The molecule has 0 saturated carbocycles. The number of nitrogens with zero attached hydrogens (tertiary/aromatic N) is 1. The fourth-order valence-electron chi connectivity index (χ4n) is 4.26. The van der Waals surface area contributed by atoms with E-state index in [9.17, 15) is 14.7 Å². The lowest BCUT2D eigenvalue weighted by molar-refractivity contribution is -0.171. The van der Waals surface area contributed by atoms with Gasteiger partial charge in [-0.3, -0.25) is 4.79 Å². The Morgan fingerprint density at radius 3 is 2.61 bits per heavy atom. The molecule has 0 fully saturated rings. The van der Waals surface area contributed by atoms with E-state index >= 15 is 0 Å². The molecule has 4 rings (SSSR count). The standard InChI is InChI=1S/C25H24ClNO6/c1-31-18-7-4-16(22(13-18)32-2)14-27-23-19-8-6-17(26)12-15(19)5-9-21(28)20(23)10-11-25(27,30)24(29)33-3/h4,6-8,10-13,30H,5,9,14H2,1-3H3. The summed E-state index contributed by atoms with van der Waals surface area (Å²) < 4.78 is 15.7. The van der Waals surface area contributed by atoms with E-state index in [1.54, 1.807) is 37.4 Å². The van der Waals surface area contributed by atoms with Crippen LogP contribution < -0.4 is 9.47 Å². The number of fused-ring (bicyclic) bond motifs is 2. The minimum Gasteiger partial charge on any atom is -0.497 e. The number of aryl methyl sites for hydroxylation is 1. The van der Waals surface area contributed by atoms with Crippen molar-refractivity contribution < 1.29 is 28.9 Å². The molecule has 2 aromatic carbocycles. The number of halogens is 1. The first-order chi connectivity index (χ1) is 15.8. The van der Waals surface area contributed by atoms with Crippen molar-refractivity contribution in [3.8, 4) is 11.5 Å². The normalized spacial score (nSPS) is 19.5. The third-order valence-electron chi connectivity index (χ3n) is 5.97. The Kier molecular flexibility index (Phi) is 6.19. The quantitative estimate of drug-likeness (QED) is 0.670. The van der Waals surface area contributed by atoms with Gasteiger partial charge in [-0.2, -0.15) is 0 Å². The van der Waals surface area contributed by atoms with Crippen LogP contribution >= 0.6 is 11.6 Å². The first-order valence-electron chi connectivity index (χ1n) is 10.4. The number of ether oxygens (including phenoxy) is 3. The molecule has 1 N–H and O–H groups in total. The summed E-state index contributed by atoms with van der Waals surface area (Å²) in [5.74, 6) is 0.147. The second kappa shape index (κ2) is 8.92. The minimum atomic E-state index is -2.14. The molecule has 0 spiro atoms. The van der Waals surface area contributed by atoms with Gasteiger partial charge in [0.1, 0.15) is 11.5 Å². The molecule has 0 bridgehead atoms. The molecular weight excluding hydrogens is 446 g/mol. The van der Waals surface area contributed by atoms with Crippen LogP contribution in [0.3, 0.4) is 0 Å². The number of rotatable bonds is 5. The average Bonchev–Trinajstić information content (AvgIpc) is 2.96. The number of esters is 1. The maximum absolute atomic E-state index is 13.0. The third kappa shape index (κ3) is 3.98. The van der Waals surface area contributed by atoms with Crippen molar-refractivity contribution >= 4 is 29.1 Å². The number of carbonyl (C=O) groups excluding carboxylic acids is 2. The van der Waals surface area contributed by atoms with Crippen LogP contribution in [0, 0.1) is 0 Å². The zero-order valence-electron chi connectivity index (χ0n) is 18.6. The molecule has 0 aromatic heterocycles. The fourth-order valence-corrected chi connectivity index (χ4v) is 4.46. The Labute approximate surface area is 196 Å². The molecule has 2 aliphatic rings. The SMILES string of the molecule is COC(=O)C1(O)C=CC2=C(c3ccc(Cl)cc3CCC2=O)N1Cc1ccc(OC)cc1OC. The molecule has 1 atom stereocenters. The molecule has 1 aliphatic heterocycles. The number of hydrogen-bond acceptors (Lipinski definition) is 7. The van der Waals surface area contributed by atoms with Gasteiger partial charge in [-0.15, -0.1) is 0 Å². The van der Waals surface area contributed by atoms with Gasteiger partial charge in [-0.05, 0) is 48.4 Å². The number of ketones is 1. The molecule has 0 radical (unpaired) electrons. The van der Waals surface area contributed by atoms with Crippen molar-refractivity contribution in [2.24, 2.45) is 0 Å². The largest absolute Gasteiger partial charge is 0.497 e. The van der Waals surface area contributed by atoms with E-state index in [-0.39, 0.29) is 18.7 Å². The van der Waals surface area contributed by atoms with Crippen molar-refractivity contribution in [3.63, 3.8) is 0 Å². The van der Waals surface area contributed by atoms with Crippen LogP contribution in [0.1, 0.15) is 23.1 Å². The molecule has 0 amide bonds. The van der Waals surface area contributed by atoms with Crippen LogP contribution in [0.4, 0.5) is 0 Å². The van der Waals surface area contributed by atoms with Gasteiger partial charge in [0.15, 0.2) is 5.78 Å². The van der Waals surface area contributed by atoms with E-state index in [2.05, 4.69) is 0 Å². The van der Waals surface area contributed by atoms with E-state index in [0.717, 1.165) is 11.1 Å². The van der Waals surface area contributed by atoms with Crippen LogP contribution in [0.5, 0.6) is 11.5 Å². The summed E-state index contributed by atoms with van der Waals surface area (Å²) in [4.78, 5) is 27.3. The van der Waals surface area contributed by atoms with Crippen LogP contribution in [-0.4, -0.2) is 48.8 Å². The van der Waals surface area contributed by atoms with Gasteiger partial charge in [-0.25, -0.2) is 4.79 Å². The van der Waals surface area contributed by atoms with Gasteiger partial charge in [0.25, 0.3) is 5.72 Å². The summed E-state index contributed by atoms with van der Waals surface area (Å²) in [7, 11) is 4.28.